The number of nitrogens with two attached hydrogens (primary N) is 2. The third-order valence-electron chi connectivity index (χ3n) is 8.46. The lowest BCUT2D eigenvalue weighted by Crippen LogP contribution is -2.30. The Morgan fingerprint density at radius 1 is 0.648 bits per heavy atom. The first kappa shape index (κ1) is 41.2. The number of ether oxygens (including phenoxy) is 4. The third kappa shape index (κ3) is 9.81. The van der Waals surface area contributed by atoms with Crippen LogP contribution in [0.1, 0.15) is 63.9 Å². The molecule has 0 saturated carbocycles. The number of nitrogens with zero attached hydrogens (tertiary/aromatic N) is 2. The molecule has 0 radical (unpaired) electrons. The molecule has 16 heteroatoms. The Morgan fingerprint density at radius 3 is 1.35 bits per heavy atom. The molecule has 0 saturated heterocycles. The zero-order valence-electron chi connectivity index (χ0n) is 29.8. The van der Waals surface area contributed by atoms with Crippen LogP contribution in [-0.4, -0.2) is 47.6 Å². The molecule has 292 valence electrons. The maximum Gasteiger partial charge on any atom is 0.429 e. The quantitative estimate of drug-likeness (QED) is 0.152. The Kier molecular flexibility index (Phi) is 12.8. The maximum atomic E-state index is 13.4. The minimum atomic E-state index is -4.57. The lowest BCUT2D eigenvalue weighted by molar-refractivity contribution is -0.199. The first-order chi connectivity index (χ1) is 25.3. The van der Waals surface area contributed by atoms with Gasteiger partial charge in [0.2, 0.25) is 12.2 Å². The predicted molar refractivity (Wildman–Crippen MR) is 194 cm³/mol. The minimum absolute atomic E-state index is 0.0406. The molecule has 4 aromatic rings. The van der Waals surface area contributed by atoms with Gasteiger partial charge in [-0.3, -0.25) is 9.97 Å². The van der Waals surface area contributed by atoms with Gasteiger partial charge in [0.05, 0.1) is 10.0 Å². The second-order valence-corrected chi connectivity index (χ2v) is 14.8. The Balaban J connectivity index is 0.000000208. The van der Waals surface area contributed by atoms with Crippen LogP contribution in [0.3, 0.4) is 0 Å². The van der Waals surface area contributed by atoms with Crippen molar-refractivity contribution in [2.75, 3.05) is 13.2 Å². The van der Waals surface area contributed by atoms with Crippen LogP contribution in [0.15, 0.2) is 61.2 Å². The van der Waals surface area contributed by atoms with E-state index in [2.05, 4.69) is 9.97 Å². The highest BCUT2D eigenvalue weighted by Gasteiger charge is 2.48. The number of hydrogen-bond acceptors (Lipinski definition) is 8. The molecule has 2 aromatic carbocycles. The fourth-order valence-corrected chi connectivity index (χ4v) is 6.67. The van der Waals surface area contributed by atoms with Crippen LogP contribution in [-0.2, 0) is 0 Å². The number of benzene rings is 2. The summed E-state index contributed by atoms with van der Waals surface area (Å²) in [5, 5.41) is 0.560. The zero-order chi connectivity index (χ0) is 39.5. The van der Waals surface area contributed by atoms with Crippen molar-refractivity contribution < 1.29 is 45.3 Å². The smallest absolute Gasteiger partial charge is 0.429 e. The molecular weight excluding hydrogens is 761 g/mol. The highest BCUT2D eigenvalue weighted by atomic mass is 35.5. The number of alkyl halides is 6. The average molecular weight is 802 g/mol. The summed E-state index contributed by atoms with van der Waals surface area (Å²) in [7, 11) is 0. The molecule has 54 heavy (non-hydrogen) atoms. The van der Waals surface area contributed by atoms with Gasteiger partial charge in [-0.15, -0.1) is 0 Å². The Labute approximate surface area is 319 Å². The van der Waals surface area contributed by atoms with E-state index >= 15 is 0 Å². The molecular formula is C38H40Cl2F6N4O4. The molecule has 4 heterocycles. The largest absolute Gasteiger partial charge is 0.490 e. The van der Waals surface area contributed by atoms with Crippen molar-refractivity contribution in [3.05, 3.63) is 82.4 Å². The summed E-state index contributed by atoms with van der Waals surface area (Å²) in [4.78, 5) is 7.59. The van der Waals surface area contributed by atoms with Gasteiger partial charge in [-0.05, 0) is 60.1 Å². The molecule has 2 aliphatic heterocycles. The zero-order valence-corrected chi connectivity index (χ0v) is 31.3. The van der Waals surface area contributed by atoms with Crippen LogP contribution in [0, 0.1) is 11.8 Å². The van der Waals surface area contributed by atoms with Gasteiger partial charge in [0, 0.05) is 71.3 Å². The van der Waals surface area contributed by atoms with E-state index in [4.69, 9.17) is 53.6 Å². The molecule has 4 N–H and O–H groups in total. The van der Waals surface area contributed by atoms with Gasteiger partial charge in [0.25, 0.3) is 0 Å². The van der Waals surface area contributed by atoms with Crippen LogP contribution in [0.2, 0.25) is 10.0 Å². The fraction of sp³-hybridized carbons (Fsp3) is 0.421. The molecule has 0 spiro atoms. The number of rotatable bonds is 10. The van der Waals surface area contributed by atoms with Gasteiger partial charge >= 0.3 is 12.4 Å². The van der Waals surface area contributed by atoms with Crippen LogP contribution >= 0.6 is 23.2 Å². The summed E-state index contributed by atoms with van der Waals surface area (Å²) >= 11 is 12.6. The Bertz CT molecular complexity index is 1790. The van der Waals surface area contributed by atoms with Gasteiger partial charge in [0.15, 0.2) is 0 Å². The van der Waals surface area contributed by atoms with Gasteiger partial charge in [-0.2, -0.15) is 26.3 Å². The molecule has 0 bridgehead atoms. The third-order valence-corrected chi connectivity index (χ3v) is 9.05. The van der Waals surface area contributed by atoms with Gasteiger partial charge in [-0.1, -0.05) is 50.9 Å². The highest BCUT2D eigenvalue weighted by molar-refractivity contribution is 6.32. The summed E-state index contributed by atoms with van der Waals surface area (Å²) in [5.41, 5.74) is 13.6. The average Bonchev–Trinajstić information content (AvgIpc) is 3.08. The first-order valence-corrected chi connectivity index (χ1v) is 17.9. The van der Waals surface area contributed by atoms with Gasteiger partial charge in [-0.25, -0.2) is 0 Å². The number of pyridine rings is 2. The summed E-state index contributed by atoms with van der Waals surface area (Å²) in [6, 6.07) is 8.51. The number of halogens is 8. The van der Waals surface area contributed by atoms with E-state index in [9.17, 15) is 26.3 Å². The summed E-state index contributed by atoms with van der Waals surface area (Å²) in [6.45, 7) is 8.60. The standard InChI is InChI=1S/2C19H20ClF3N2O2/c2*1-10(2)5-11(24)9-26-17-7-16-13(6-15(17)20)12-3-4-25-8-14(12)18(27-16)19(21,22)23/h2*3-4,6-8,10-11,18H,5,9,24H2,1-2H3/t11-,18+;11-,18-/m00/s1. The fourth-order valence-electron chi connectivity index (χ4n) is 6.24. The molecule has 0 unspecified atom stereocenters. The Hall–Kier alpha value is -3.98. The van der Waals surface area contributed by atoms with E-state index < -0.39 is 24.6 Å². The second-order valence-electron chi connectivity index (χ2n) is 14.0. The van der Waals surface area contributed by atoms with Crippen molar-refractivity contribution in [2.24, 2.45) is 23.3 Å². The molecule has 2 aromatic heterocycles. The van der Waals surface area contributed by atoms with Crippen molar-refractivity contribution in [3.8, 4) is 45.3 Å². The summed E-state index contributed by atoms with van der Waals surface area (Å²) in [5.74, 6) is 1.43. The number of aromatic nitrogens is 2. The summed E-state index contributed by atoms with van der Waals surface area (Å²) < 4.78 is 102. The molecule has 0 aliphatic carbocycles. The monoisotopic (exact) mass is 800 g/mol. The molecule has 2 aliphatic rings. The molecule has 0 fully saturated rings. The number of hydrogen-bond donors (Lipinski definition) is 2. The molecule has 8 nitrogen and oxygen atoms in total. The summed E-state index contributed by atoms with van der Waals surface area (Å²) in [6.07, 6.45) is -6.61. The van der Waals surface area contributed by atoms with E-state index in [-0.39, 0.29) is 69.5 Å². The second kappa shape index (κ2) is 16.8. The lowest BCUT2D eigenvalue weighted by atomic mass is 9.94. The molecule has 0 amide bonds. The van der Waals surface area contributed by atoms with Crippen LogP contribution < -0.4 is 30.4 Å². The highest BCUT2D eigenvalue weighted by Crippen LogP contribution is 2.51. The van der Waals surface area contributed by atoms with E-state index in [1.54, 1.807) is 12.1 Å². The first-order valence-electron chi connectivity index (χ1n) is 17.1. The van der Waals surface area contributed by atoms with Crippen molar-refractivity contribution in [2.45, 2.75) is 77.2 Å². The van der Waals surface area contributed by atoms with Crippen LogP contribution in [0.4, 0.5) is 26.3 Å². The normalized spacial score (nSPS) is 17.1. The van der Waals surface area contributed by atoms with Gasteiger partial charge < -0.3 is 30.4 Å². The predicted octanol–water partition coefficient (Wildman–Crippen LogP) is 10.3. The minimum Gasteiger partial charge on any atom is -0.490 e. The van der Waals surface area contributed by atoms with Crippen molar-refractivity contribution in [3.63, 3.8) is 0 Å². The van der Waals surface area contributed by atoms with E-state index in [0.717, 1.165) is 12.8 Å². The van der Waals surface area contributed by atoms with Crippen LogP contribution in [0.25, 0.3) is 22.3 Å². The molecule has 6 rings (SSSR count). The molecule has 4 atom stereocenters. The van der Waals surface area contributed by atoms with Crippen molar-refractivity contribution in [1.29, 1.82) is 0 Å². The van der Waals surface area contributed by atoms with E-state index in [1.807, 2.05) is 27.7 Å². The van der Waals surface area contributed by atoms with Crippen molar-refractivity contribution >= 4 is 23.2 Å². The van der Waals surface area contributed by atoms with Gasteiger partial charge in [0.1, 0.15) is 36.2 Å². The SMILES string of the molecule is CC(C)C[C@H](N)COc1cc2c(cc1Cl)-c1ccncc1[C@@H](C(F)(F)F)O2.CC(C)C[C@H](N)COc1cc2c(cc1Cl)-c1ccncc1[C@H](C(F)(F)F)O2. The van der Waals surface area contributed by atoms with Crippen LogP contribution in [0.5, 0.6) is 23.0 Å². The number of fused-ring (bicyclic) bond motifs is 6. The topological polar surface area (TPSA) is 115 Å². The Morgan fingerprint density at radius 2 is 1.02 bits per heavy atom. The maximum absolute atomic E-state index is 13.4. The van der Waals surface area contributed by atoms with E-state index in [0.29, 0.717) is 34.1 Å². The van der Waals surface area contributed by atoms with E-state index in [1.165, 1.54) is 49.1 Å². The van der Waals surface area contributed by atoms with Crippen molar-refractivity contribution in [1.82, 2.24) is 9.97 Å². The lowest BCUT2D eigenvalue weighted by Gasteiger charge is -2.30.